The molecule has 1 atom stereocenters. The SMILES string of the molecule is CN(C)[C@H](CNC(=O)Nc1ccccc1N1CCCC1)c1ccco1. The van der Waals surface area contributed by atoms with Gasteiger partial charge in [-0.2, -0.15) is 0 Å². The highest BCUT2D eigenvalue weighted by molar-refractivity contribution is 5.93. The fourth-order valence-corrected chi connectivity index (χ4v) is 3.19. The van der Waals surface area contributed by atoms with Crippen molar-refractivity contribution in [2.75, 3.05) is 43.9 Å². The van der Waals surface area contributed by atoms with E-state index in [9.17, 15) is 4.79 Å². The van der Waals surface area contributed by atoms with Gasteiger partial charge in [-0.05, 0) is 51.2 Å². The number of benzene rings is 1. The Balaban J connectivity index is 1.61. The Kier molecular flexibility index (Phi) is 5.60. The van der Waals surface area contributed by atoms with E-state index in [1.54, 1.807) is 6.26 Å². The van der Waals surface area contributed by atoms with Gasteiger partial charge in [0.2, 0.25) is 0 Å². The van der Waals surface area contributed by atoms with Crippen LogP contribution in [0.2, 0.25) is 0 Å². The third kappa shape index (κ3) is 4.33. The zero-order chi connectivity index (χ0) is 17.6. The van der Waals surface area contributed by atoms with Crippen molar-refractivity contribution in [1.82, 2.24) is 10.2 Å². The number of furan rings is 1. The minimum Gasteiger partial charge on any atom is -0.468 e. The molecule has 1 aromatic heterocycles. The molecular weight excluding hydrogens is 316 g/mol. The lowest BCUT2D eigenvalue weighted by Gasteiger charge is -2.24. The first-order chi connectivity index (χ1) is 12.1. The molecule has 25 heavy (non-hydrogen) atoms. The second-order valence-electron chi connectivity index (χ2n) is 6.54. The molecule has 6 heteroatoms. The molecule has 6 nitrogen and oxygen atoms in total. The standard InChI is InChI=1S/C19H26N4O2/c1-22(2)17(18-10-7-13-25-18)14-20-19(24)21-15-8-3-4-9-16(15)23-11-5-6-12-23/h3-4,7-10,13,17H,5-6,11-12,14H2,1-2H3,(H2,20,21,24)/t17-/m1/s1. The van der Waals surface area contributed by atoms with Gasteiger partial charge in [-0.1, -0.05) is 12.1 Å². The summed E-state index contributed by atoms with van der Waals surface area (Å²) < 4.78 is 5.47. The number of para-hydroxylation sites is 2. The normalized spacial score (nSPS) is 15.4. The van der Waals surface area contributed by atoms with Gasteiger partial charge in [0.15, 0.2) is 0 Å². The van der Waals surface area contributed by atoms with E-state index in [2.05, 4.69) is 21.6 Å². The maximum Gasteiger partial charge on any atom is 0.319 e. The minimum absolute atomic E-state index is 0.00502. The molecule has 1 saturated heterocycles. The third-order valence-electron chi connectivity index (χ3n) is 4.55. The Labute approximate surface area is 148 Å². The van der Waals surface area contributed by atoms with E-state index in [1.807, 2.05) is 49.3 Å². The van der Waals surface area contributed by atoms with Crippen LogP contribution in [-0.4, -0.2) is 44.7 Å². The first kappa shape index (κ1) is 17.4. The Morgan fingerprint density at radius 2 is 1.96 bits per heavy atom. The molecule has 0 unspecified atom stereocenters. The number of likely N-dealkylation sites (N-methyl/N-ethyl adjacent to an activating group) is 1. The first-order valence-corrected chi connectivity index (χ1v) is 8.74. The summed E-state index contributed by atoms with van der Waals surface area (Å²) in [6.07, 6.45) is 4.06. The maximum absolute atomic E-state index is 12.4. The van der Waals surface area contributed by atoms with Gasteiger partial charge in [0.1, 0.15) is 5.76 Å². The van der Waals surface area contributed by atoms with Gasteiger partial charge in [-0.25, -0.2) is 4.79 Å². The summed E-state index contributed by atoms with van der Waals surface area (Å²) in [6.45, 7) is 2.56. The molecule has 3 rings (SSSR count). The second kappa shape index (κ2) is 8.07. The summed E-state index contributed by atoms with van der Waals surface area (Å²) in [7, 11) is 3.94. The Morgan fingerprint density at radius 1 is 1.20 bits per heavy atom. The average Bonchev–Trinajstić information content (AvgIpc) is 3.29. The van der Waals surface area contributed by atoms with Crippen molar-refractivity contribution in [2.45, 2.75) is 18.9 Å². The average molecular weight is 342 g/mol. The van der Waals surface area contributed by atoms with Crippen LogP contribution in [0.3, 0.4) is 0 Å². The first-order valence-electron chi connectivity index (χ1n) is 8.74. The van der Waals surface area contributed by atoms with Crippen LogP contribution in [0.4, 0.5) is 16.2 Å². The van der Waals surface area contributed by atoms with E-state index in [1.165, 1.54) is 12.8 Å². The fourth-order valence-electron chi connectivity index (χ4n) is 3.19. The molecule has 1 fully saturated rings. The van der Waals surface area contributed by atoms with Crippen molar-refractivity contribution in [3.05, 3.63) is 48.4 Å². The fraction of sp³-hybridized carbons (Fsp3) is 0.421. The van der Waals surface area contributed by atoms with Gasteiger partial charge in [-0.3, -0.25) is 4.90 Å². The van der Waals surface area contributed by atoms with Crippen molar-refractivity contribution in [3.8, 4) is 0 Å². The monoisotopic (exact) mass is 342 g/mol. The molecule has 2 heterocycles. The van der Waals surface area contributed by atoms with Crippen molar-refractivity contribution in [1.29, 1.82) is 0 Å². The highest BCUT2D eigenvalue weighted by Crippen LogP contribution is 2.28. The van der Waals surface area contributed by atoms with E-state index in [0.29, 0.717) is 6.54 Å². The van der Waals surface area contributed by atoms with Gasteiger partial charge < -0.3 is 20.0 Å². The number of urea groups is 1. The molecule has 2 amide bonds. The molecule has 2 N–H and O–H groups in total. The topological polar surface area (TPSA) is 60.8 Å². The highest BCUT2D eigenvalue weighted by atomic mass is 16.3. The Bertz CT molecular complexity index is 678. The molecule has 0 radical (unpaired) electrons. The quantitative estimate of drug-likeness (QED) is 0.845. The van der Waals surface area contributed by atoms with E-state index in [4.69, 9.17) is 4.42 Å². The number of nitrogens with one attached hydrogen (secondary N) is 2. The molecule has 0 aliphatic carbocycles. The highest BCUT2D eigenvalue weighted by Gasteiger charge is 2.19. The number of carbonyl (C=O) groups excluding carboxylic acids is 1. The predicted octanol–water partition coefficient (Wildman–Crippen LogP) is 3.30. The second-order valence-corrected chi connectivity index (χ2v) is 6.54. The van der Waals surface area contributed by atoms with Gasteiger partial charge in [0, 0.05) is 19.6 Å². The number of hydrogen-bond acceptors (Lipinski definition) is 4. The van der Waals surface area contributed by atoms with Gasteiger partial charge in [0.25, 0.3) is 0 Å². The lowest BCUT2D eigenvalue weighted by molar-refractivity contribution is 0.233. The molecule has 134 valence electrons. The van der Waals surface area contributed by atoms with Crippen LogP contribution in [0.5, 0.6) is 0 Å². The van der Waals surface area contributed by atoms with E-state index >= 15 is 0 Å². The van der Waals surface area contributed by atoms with Crippen molar-refractivity contribution < 1.29 is 9.21 Å². The summed E-state index contributed by atoms with van der Waals surface area (Å²) in [4.78, 5) is 16.7. The molecule has 0 spiro atoms. The van der Waals surface area contributed by atoms with Gasteiger partial charge >= 0.3 is 6.03 Å². The van der Waals surface area contributed by atoms with Crippen LogP contribution in [0, 0.1) is 0 Å². The molecule has 0 saturated carbocycles. The largest absolute Gasteiger partial charge is 0.468 e. The minimum atomic E-state index is -0.204. The lowest BCUT2D eigenvalue weighted by atomic mass is 10.2. The van der Waals surface area contributed by atoms with E-state index < -0.39 is 0 Å². The third-order valence-corrected chi connectivity index (χ3v) is 4.55. The van der Waals surface area contributed by atoms with Crippen molar-refractivity contribution >= 4 is 17.4 Å². The summed E-state index contributed by atoms with van der Waals surface area (Å²) in [5.41, 5.74) is 1.94. The number of rotatable bonds is 6. The summed E-state index contributed by atoms with van der Waals surface area (Å²) in [5.74, 6) is 0.836. The number of hydrogen-bond donors (Lipinski definition) is 2. The van der Waals surface area contributed by atoms with Gasteiger partial charge in [-0.15, -0.1) is 0 Å². The Hall–Kier alpha value is -2.47. The zero-order valence-electron chi connectivity index (χ0n) is 14.9. The van der Waals surface area contributed by atoms with Crippen LogP contribution in [0.15, 0.2) is 47.1 Å². The molecule has 1 aliphatic heterocycles. The maximum atomic E-state index is 12.4. The van der Waals surface area contributed by atoms with E-state index in [-0.39, 0.29) is 12.1 Å². The van der Waals surface area contributed by atoms with Crippen LogP contribution < -0.4 is 15.5 Å². The molecule has 0 bridgehead atoms. The summed E-state index contributed by atoms with van der Waals surface area (Å²) >= 11 is 0. The lowest BCUT2D eigenvalue weighted by Crippen LogP contribution is -2.37. The number of anilines is 2. The number of amides is 2. The number of carbonyl (C=O) groups is 1. The molecule has 1 aliphatic rings. The van der Waals surface area contributed by atoms with Crippen LogP contribution in [0.25, 0.3) is 0 Å². The zero-order valence-corrected chi connectivity index (χ0v) is 14.9. The van der Waals surface area contributed by atoms with Crippen molar-refractivity contribution in [2.24, 2.45) is 0 Å². The summed E-state index contributed by atoms with van der Waals surface area (Å²) in [6, 6.07) is 11.5. The molecular formula is C19H26N4O2. The molecule has 2 aromatic rings. The van der Waals surface area contributed by atoms with Crippen LogP contribution in [0.1, 0.15) is 24.6 Å². The van der Waals surface area contributed by atoms with Crippen LogP contribution >= 0.6 is 0 Å². The summed E-state index contributed by atoms with van der Waals surface area (Å²) in [5, 5.41) is 5.93. The van der Waals surface area contributed by atoms with E-state index in [0.717, 1.165) is 30.2 Å². The smallest absolute Gasteiger partial charge is 0.319 e. The predicted molar refractivity (Wildman–Crippen MR) is 100 cm³/mol. The number of nitrogens with zero attached hydrogens (tertiary/aromatic N) is 2. The van der Waals surface area contributed by atoms with Gasteiger partial charge in [0.05, 0.1) is 23.7 Å². The Morgan fingerprint density at radius 3 is 2.64 bits per heavy atom. The van der Waals surface area contributed by atoms with Crippen molar-refractivity contribution in [3.63, 3.8) is 0 Å². The molecule has 1 aromatic carbocycles. The van der Waals surface area contributed by atoms with Crippen LogP contribution in [-0.2, 0) is 0 Å².